The Labute approximate surface area is 145 Å². The van der Waals surface area contributed by atoms with Gasteiger partial charge in [-0.25, -0.2) is 0 Å². The summed E-state index contributed by atoms with van der Waals surface area (Å²) in [5, 5.41) is 2.93. The second-order valence-corrected chi connectivity index (χ2v) is 6.38. The van der Waals surface area contributed by atoms with Crippen molar-refractivity contribution in [3.05, 3.63) is 23.8 Å². The standard InChI is InChI=1S/C19H29N3O2/c1-5-21(6-2)17-9-10-18(14(3)13-17)22(15(4)23)12-11-20-19(24)16-7-8-16/h9-10,13,16H,5-8,11-12H2,1-4H3,(H,20,24). The number of carbonyl (C=O) groups excluding carboxylic acids is 2. The zero-order valence-corrected chi connectivity index (χ0v) is 15.3. The van der Waals surface area contributed by atoms with Crippen LogP contribution in [0.25, 0.3) is 0 Å². The van der Waals surface area contributed by atoms with Gasteiger partial charge in [0.1, 0.15) is 0 Å². The lowest BCUT2D eigenvalue weighted by atomic mass is 10.1. The molecule has 1 aromatic carbocycles. The van der Waals surface area contributed by atoms with Crippen molar-refractivity contribution in [2.75, 3.05) is 36.0 Å². The zero-order chi connectivity index (χ0) is 17.7. The van der Waals surface area contributed by atoms with Gasteiger partial charge in [0, 0.05) is 50.4 Å². The Morgan fingerprint density at radius 2 is 1.88 bits per heavy atom. The van der Waals surface area contributed by atoms with Crippen LogP contribution in [0.15, 0.2) is 18.2 Å². The van der Waals surface area contributed by atoms with Gasteiger partial charge in [0.2, 0.25) is 11.8 Å². The smallest absolute Gasteiger partial charge is 0.223 e. The van der Waals surface area contributed by atoms with Crippen LogP contribution in [-0.4, -0.2) is 38.0 Å². The molecule has 1 fully saturated rings. The van der Waals surface area contributed by atoms with Crippen LogP contribution in [0.4, 0.5) is 11.4 Å². The van der Waals surface area contributed by atoms with Crippen LogP contribution in [0.2, 0.25) is 0 Å². The van der Waals surface area contributed by atoms with Crippen molar-refractivity contribution in [2.24, 2.45) is 5.92 Å². The maximum absolute atomic E-state index is 12.1. The number of anilines is 2. The maximum Gasteiger partial charge on any atom is 0.223 e. The van der Waals surface area contributed by atoms with Gasteiger partial charge in [-0.05, 0) is 57.4 Å². The fourth-order valence-electron chi connectivity index (χ4n) is 2.96. The number of hydrogen-bond acceptors (Lipinski definition) is 3. The summed E-state index contributed by atoms with van der Waals surface area (Å²) in [5.41, 5.74) is 3.16. The number of hydrogen-bond donors (Lipinski definition) is 1. The minimum absolute atomic E-state index is 0.00522. The fourth-order valence-corrected chi connectivity index (χ4v) is 2.96. The Morgan fingerprint density at radius 1 is 1.21 bits per heavy atom. The second-order valence-electron chi connectivity index (χ2n) is 6.38. The number of nitrogens with one attached hydrogen (secondary N) is 1. The molecule has 5 heteroatoms. The van der Waals surface area contributed by atoms with E-state index >= 15 is 0 Å². The number of amides is 2. The molecule has 1 aliphatic rings. The maximum atomic E-state index is 12.1. The lowest BCUT2D eigenvalue weighted by molar-refractivity contribution is -0.122. The predicted octanol–water partition coefficient (Wildman–Crippen LogP) is 2.72. The van der Waals surface area contributed by atoms with Crippen molar-refractivity contribution in [1.82, 2.24) is 5.32 Å². The summed E-state index contributed by atoms with van der Waals surface area (Å²) in [5.74, 6) is 0.312. The van der Waals surface area contributed by atoms with Crippen molar-refractivity contribution >= 4 is 23.2 Å². The number of aryl methyl sites for hydroxylation is 1. The van der Waals surface area contributed by atoms with E-state index < -0.39 is 0 Å². The Balaban J connectivity index is 2.06. The molecule has 2 rings (SSSR count). The molecule has 0 aliphatic heterocycles. The average molecular weight is 331 g/mol. The molecule has 1 aromatic rings. The SMILES string of the molecule is CCN(CC)c1ccc(N(CCNC(=O)C2CC2)C(C)=O)c(C)c1. The van der Waals surface area contributed by atoms with Gasteiger partial charge < -0.3 is 15.1 Å². The molecule has 5 nitrogen and oxygen atoms in total. The van der Waals surface area contributed by atoms with Crippen molar-refractivity contribution in [3.63, 3.8) is 0 Å². The third-order valence-corrected chi connectivity index (χ3v) is 4.56. The zero-order valence-electron chi connectivity index (χ0n) is 15.3. The van der Waals surface area contributed by atoms with Crippen LogP contribution in [0.5, 0.6) is 0 Å². The molecule has 132 valence electrons. The molecule has 1 saturated carbocycles. The van der Waals surface area contributed by atoms with E-state index in [1.54, 1.807) is 11.8 Å². The third kappa shape index (κ3) is 4.49. The quantitative estimate of drug-likeness (QED) is 0.797. The number of carbonyl (C=O) groups is 2. The molecule has 1 N–H and O–H groups in total. The van der Waals surface area contributed by atoms with E-state index in [0.29, 0.717) is 13.1 Å². The van der Waals surface area contributed by atoms with E-state index in [9.17, 15) is 9.59 Å². The predicted molar refractivity (Wildman–Crippen MR) is 98.5 cm³/mol. The van der Waals surface area contributed by atoms with Gasteiger partial charge in [-0.1, -0.05) is 0 Å². The van der Waals surface area contributed by atoms with Crippen molar-refractivity contribution < 1.29 is 9.59 Å². The molecule has 2 amide bonds. The monoisotopic (exact) mass is 331 g/mol. The second kappa shape index (κ2) is 8.18. The number of nitrogens with zero attached hydrogens (tertiary/aromatic N) is 2. The molecule has 0 heterocycles. The summed E-state index contributed by atoms with van der Waals surface area (Å²) in [6.07, 6.45) is 1.99. The highest BCUT2D eigenvalue weighted by Gasteiger charge is 2.29. The summed E-state index contributed by atoms with van der Waals surface area (Å²) < 4.78 is 0. The van der Waals surface area contributed by atoms with Crippen LogP contribution in [0.1, 0.15) is 39.2 Å². The minimum atomic E-state index is -0.00522. The van der Waals surface area contributed by atoms with Gasteiger partial charge in [0.05, 0.1) is 0 Å². The molecular weight excluding hydrogens is 302 g/mol. The highest BCUT2D eigenvalue weighted by molar-refractivity contribution is 5.92. The normalized spacial score (nSPS) is 13.5. The number of benzene rings is 1. The Morgan fingerprint density at radius 3 is 2.38 bits per heavy atom. The van der Waals surface area contributed by atoms with E-state index in [-0.39, 0.29) is 17.7 Å². The Hall–Kier alpha value is -2.04. The molecule has 0 bridgehead atoms. The lowest BCUT2D eigenvalue weighted by Gasteiger charge is -2.26. The molecule has 0 saturated heterocycles. The van der Waals surface area contributed by atoms with Gasteiger partial charge in [0.15, 0.2) is 0 Å². The lowest BCUT2D eigenvalue weighted by Crippen LogP contribution is -2.38. The van der Waals surface area contributed by atoms with E-state index in [0.717, 1.165) is 37.2 Å². The molecule has 0 spiro atoms. The molecule has 1 aliphatic carbocycles. The van der Waals surface area contributed by atoms with Gasteiger partial charge in [-0.3, -0.25) is 9.59 Å². The summed E-state index contributed by atoms with van der Waals surface area (Å²) in [6.45, 7) is 10.8. The van der Waals surface area contributed by atoms with Gasteiger partial charge in [-0.15, -0.1) is 0 Å². The minimum Gasteiger partial charge on any atom is -0.372 e. The molecule has 0 aromatic heterocycles. The molecule has 0 radical (unpaired) electrons. The topological polar surface area (TPSA) is 52.6 Å². The van der Waals surface area contributed by atoms with E-state index in [2.05, 4.69) is 36.2 Å². The molecule has 0 atom stereocenters. The summed E-state index contributed by atoms with van der Waals surface area (Å²) in [7, 11) is 0. The van der Waals surface area contributed by atoms with E-state index in [1.165, 1.54) is 5.69 Å². The highest BCUT2D eigenvalue weighted by Crippen LogP contribution is 2.29. The van der Waals surface area contributed by atoms with E-state index in [1.807, 2.05) is 13.0 Å². The van der Waals surface area contributed by atoms with Crippen LogP contribution < -0.4 is 15.1 Å². The van der Waals surface area contributed by atoms with Crippen molar-refractivity contribution in [3.8, 4) is 0 Å². The van der Waals surface area contributed by atoms with Crippen LogP contribution >= 0.6 is 0 Å². The average Bonchev–Trinajstić information content (AvgIpc) is 3.38. The first-order chi connectivity index (χ1) is 11.5. The van der Waals surface area contributed by atoms with E-state index in [4.69, 9.17) is 0 Å². The summed E-state index contributed by atoms with van der Waals surface area (Å²) in [6, 6.07) is 6.20. The molecule has 0 unspecified atom stereocenters. The van der Waals surface area contributed by atoms with Gasteiger partial charge in [0.25, 0.3) is 0 Å². The number of rotatable bonds is 8. The van der Waals surface area contributed by atoms with Crippen LogP contribution in [0.3, 0.4) is 0 Å². The van der Waals surface area contributed by atoms with Crippen LogP contribution in [-0.2, 0) is 9.59 Å². The van der Waals surface area contributed by atoms with Gasteiger partial charge in [-0.2, -0.15) is 0 Å². The van der Waals surface area contributed by atoms with Crippen LogP contribution in [0, 0.1) is 12.8 Å². The summed E-state index contributed by atoms with van der Waals surface area (Å²) in [4.78, 5) is 27.8. The third-order valence-electron chi connectivity index (χ3n) is 4.56. The van der Waals surface area contributed by atoms with Crippen molar-refractivity contribution in [1.29, 1.82) is 0 Å². The Bertz CT molecular complexity index is 592. The first-order valence-electron chi connectivity index (χ1n) is 8.89. The highest BCUT2D eigenvalue weighted by atomic mass is 16.2. The van der Waals surface area contributed by atoms with Crippen molar-refractivity contribution in [2.45, 2.75) is 40.5 Å². The first kappa shape index (κ1) is 18.3. The molecule has 24 heavy (non-hydrogen) atoms. The largest absolute Gasteiger partial charge is 0.372 e. The fraction of sp³-hybridized carbons (Fsp3) is 0.579. The first-order valence-corrected chi connectivity index (χ1v) is 8.89. The molecular formula is C19H29N3O2. The van der Waals surface area contributed by atoms with Gasteiger partial charge >= 0.3 is 0 Å². The Kier molecular flexibility index (Phi) is 6.23. The summed E-state index contributed by atoms with van der Waals surface area (Å²) >= 11 is 0.